The van der Waals surface area contributed by atoms with Gasteiger partial charge in [-0.2, -0.15) is 0 Å². The largest absolute Gasteiger partial charge is 0.404 e. The van der Waals surface area contributed by atoms with Crippen molar-refractivity contribution in [2.24, 2.45) is 5.73 Å². The highest BCUT2D eigenvalue weighted by molar-refractivity contribution is 6.42. The lowest BCUT2D eigenvalue weighted by Gasteiger charge is -2.28. The third kappa shape index (κ3) is 2.45. The average Bonchev–Trinajstić information content (AvgIpc) is 2.51. The maximum absolute atomic E-state index is 8.26. The first-order valence-corrected chi connectivity index (χ1v) is 7.41. The summed E-state index contributed by atoms with van der Waals surface area (Å²) >= 11 is 12.1. The Kier molecular flexibility index (Phi) is 3.75. The van der Waals surface area contributed by atoms with Gasteiger partial charge in [-0.1, -0.05) is 53.5 Å². The number of halogens is 2. The SMILES string of the molecule is N=C1C(=CN)CC(c2ccc(Cl)c(Cl)c2)c2ccccc21. The van der Waals surface area contributed by atoms with Crippen LogP contribution in [0.2, 0.25) is 10.0 Å². The number of hydrogen-bond donors (Lipinski definition) is 2. The highest BCUT2D eigenvalue weighted by atomic mass is 35.5. The first-order valence-electron chi connectivity index (χ1n) is 6.65. The van der Waals surface area contributed by atoms with Crippen molar-refractivity contribution in [2.45, 2.75) is 12.3 Å². The van der Waals surface area contributed by atoms with Gasteiger partial charge in [-0.3, -0.25) is 5.41 Å². The Morgan fingerprint density at radius 3 is 2.57 bits per heavy atom. The van der Waals surface area contributed by atoms with Crippen molar-refractivity contribution in [3.63, 3.8) is 0 Å². The summed E-state index contributed by atoms with van der Waals surface area (Å²) < 4.78 is 0. The second kappa shape index (κ2) is 5.55. The van der Waals surface area contributed by atoms with Crippen LogP contribution in [0.3, 0.4) is 0 Å². The van der Waals surface area contributed by atoms with E-state index in [-0.39, 0.29) is 5.92 Å². The fourth-order valence-electron chi connectivity index (χ4n) is 2.81. The minimum absolute atomic E-state index is 0.139. The van der Waals surface area contributed by atoms with Crippen LogP contribution in [0.25, 0.3) is 0 Å². The molecule has 0 aromatic heterocycles. The molecule has 4 heteroatoms. The monoisotopic (exact) mass is 316 g/mol. The van der Waals surface area contributed by atoms with E-state index < -0.39 is 0 Å². The molecule has 0 fully saturated rings. The molecule has 0 radical (unpaired) electrons. The predicted octanol–water partition coefficient (Wildman–Crippen LogP) is 4.74. The summed E-state index contributed by atoms with van der Waals surface area (Å²) in [5, 5.41) is 9.36. The number of nitrogens with two attached hydrogens (primary N) is 1. The summed E-state index contributed by atoms with van der Waals surface area (Å²) in [7, 11) is 0. The van der Waals surface area contributed by atoms with Gasteiger partial charge in [0.05, 0.1) is 15.8 Å². The molecule has 0 bridgehead atoms. The van der Waals surface area contributed by atoms with Crippen molar-refractivity contribution in [3.05, 3.63) is 81.0 Å². The van der Waals surface area contributed by atoms with Gasteiger partial charge in [-0.25, -0.2) is 0 Å². The highest BCUT2D eigenvalue weighted by Crippen LogP contribution is 2.40. The van der Waals surface area contributed by atoms with E-state index in [9.17, 15) is 0 Å². The molecule has 0 aliphatic heterocycles. The lowest BCUT2D eigenvalue weighted by Crippen LogP contribution is -2.20. The zero-order chi connectivity index (χ0) is 15.0. The van der Waals surface area contributed by atoms with Crippen LogP contribution >= 0.6 is 23.2 Å². The Hall–Kier alpha value is -1.77. The van der Waals surface area contributed by atoms with Crippen LogP contribution in [0.15, 0.2) is 54.2 Å². The lowest BCUT2D eigenvalue weighted by molar-refractivity contribution is 0.795. The number of benzene rings is 2. The number of fused-ring (bicyclic) bond motifs is 1. The van der Waals surface area contributed by atoms with Crippen LogP contribution in [0.4, 0.5) is 0 Å². The van der Waals surface area contributed by atoms with E-state index in [1.807, 2.05) is 36.4 Å². The van der Waals surface area contributed by atoms with E-state index in [0.717, 1.165) is 22.3 Å². The van der Waals surface area contributed by atoms with Crippen molar-refractivity contribution in [2.75, 3.05) is 0 Å². The fraction of sp³-hybridized carbons (Fsp3) is 0.118. The van der Waals surface area contributed by atoms with Crippen LogP contribution < -0.4 is 5.73 Å². The number of rotatable bonds is 1. The van der Waals surface area contributed by atoms with Gasteiger partial charge in [0.1, 0.15) is 0 Å². The van der Waals surface area contributed by atoms with Crippen LogP contribution in [0.1, 0.15) is 29.0 Å². The molecule has 1 atom stereocenters. The maximum Gasteiger partial charge on any atom is 0.0661 e. The molecule has 0 saturated carbocycles. The van der Waals surface area contributed by atoms with Gasteiger partial charge in [-0.05, 0) is 41.5 Å². The van der Waals surface area contributed by atoms with E-state index in [4.69, 9.17) is 34.3 Å². The molecule has 2 nitrogen and oxygen atoms in total. The lowest BCUT2D eigenvalue weighted by atomic mass is 9.76. The molecule has 0 heterocycles. The Bertz CT molecular complexity index is 750. The molecule has 0 spiro atoms. The van der Waals surface area contributed by atoms with Gasteiger partial charge in [0, 0.05) is 11.5 Å². The van der Waals surface area contributed by atoms with Gasteiger partial charge in [0.2, 0.25) is 0 Å². The van der Waals surface area contributed by atoms with E-state index in [1.54, 1.807) is 0 Å². The number of nitrogens with one attached hydrogen (secondary N) is 1. The first-order chi connectivity index (χ1) is 10.1. The zero-order valence-corrected chi connectivity index (χ0v) is 12.7. The number of hydrogen-bond acceptors (Lipinski definition) is 2. The quantitative estimate of drug-likeness (QED) is 0.784. The van der Waals surface area contributed by atoms with Gasteiger partial charge < -0.3 is 5.73 Å². The summed E-state index contributed by atoms with van der Waals surface area (Å²) in [6, 6.07) is 13.7. The van der Waals surface area contributed by atoms with Gasteiger partial charge in [0.25, 0.3) is 0 Å². The zero-order valence-electron chi connectivity index (χ0n) is 11.2. The molecular formula is C17H14Cl2N2. The Morgan fingerprint density at radius 1 is 1.10 bits per heavy atom. The normalized spacial score (nSPS) is 19.6. The molecule has 2 aromatic carbocycles. The molecule has 3 N–H and O–H groups in total. The summed E-state index contributed by atoms with van der Waals surface area (Å²) in [4.78, 5) is 0. The molecule has 0 saturated heterocycles. The molecule has 1 aliphatic rings. The van der Waals surface area contributed by atoms with E-state index in [1.165, 1.54) is 6.20 Å². The Labute approximate surface area is 133 Å². The van der Waals surface area contributed by atoms with Crippen molar-refractivity contribution < 1.29 is 0 Å². The van der Waals surface area contributed by atoms with Gasteiger partial charge in [0.15, 0.2) is 0 Å². The van der Waals surface area contributed by atoms with Gasteiger partial charge in [-0.15, -0.1) is 0 Å². The second-order valence-corrected chi connectivity index (χ2v) is 5.90. The summed E-state index contributed by atoms with van der Waals surface area (Å²) in [6.07, 6.45) is 2.23. The average molecular weight is 317 g/mol. The standard InChI is InChI=1S/C17H14Cl2N2/c18-15-6-5-10(8-16(15)19)14-7-11(9-20)17(21)13-4-2-1-3-12(13)14/h1-6,8-9,14,21H,7,20H2. The third-order valence-electron chi connectivity index (χ3n) is 3.90. The van der Waals surface area contributed by atoms with Gasteiger partial charge >= 0.3 is 0 Å². The Balaban J connectivity index is 2.16. The Morgan fingerprint density at radius 2 is 1.86 bits per heavy atom. The molecule has 106 valence electrons. The minimum Gasteiger partial charge on any atom is -0.404 e. The van der Waals surface area contributed by atoms with Crippen LogP contribution in [0, 0.1) is 5.41 Å². The highest BCUT2D eigenvalue weighted by Gasteiger charge is 2.28. The third-order valence-corrected chi connectivity index (χ3v) is 4.64. The second-order valence-electron chi connectivity index (χ2n) is 5.08. The topological polar surface area (TPSA) is 49.9 Å². The van der Waals surface area contributed by atoms with Crippen LogP contribution in [0.5, 0.6) is 0 Å². The molecule has 3 rings (SSSR count). The van der Waals surface area contributed by atoms with E-state index in [2.05, 4.69) is 6.07 Å². The molecule has 21 heavy (non-hydrogen) atoms. The summed E-state index contributed by atoms with van der Waals surface area (Å²) in [5.41, 5.74) is 10.2. The minimum atomic E-state index is 0.139. The van der Waals surface area contributed by atoms with Crippen molar-refractivity contribution in [1.29, 1.82) is 5.41 Å². The summed E-state index contributed by atoms with van der Waals surface area (Å²) in [5.74, 6) is 0.139. The molecule has 1 aliphatic carbocycles. The maximum atomic E-state index is 8.26. The first kappa shape index (κ1) is 14.2. The fourth-order valence-corrected chi connectivity index (χ4v) is 3.12. The van der Waals surface area contributed by atoms with Crippen LogP contribution in [-0.2, 0) is 0 Å². The predicted molar refractivity (Wildman–Crippen MR) is 88.5 cm³/mol. The number of allylic oxidation sites excluding steroid dienone is 1. The van der Waals surface area contributed by atoms with Crippen molar-refractivity contribution >= 4 is 28.9 Å². The molecule has 2 aromatic rings. The van der Waals surface area contributed by atoms with E-state index in [0.29, 0.717) is 22.2 Å². The molecular weight excluding hydrogens is 303 g/mol. The summed E-state index contributed by atoms with van der Waals surface area (Å²) in [6.45, 7) is 0. The molecule has 1 unspecified atom stereocenters. The van der Waals surface area contributed by atoms with Crippen molar-refractivity contribution in [3.8, 4) is 0 Å². The smallest absolute Gasteiger partial charge is 0.0661 e. The molecule has 0 amide bonds. The van der Waals surface area contributed by atoms with Crippen molar-refractivity contribution in [1.82, 2.24) is 0 Å². The van der Waals surface area contributed by atoms with Crippen LogP contribution in [-0.4, -0.2) is 5.71 Å². The van der Waals surface area contributed by atoms with E-state index >= 15 is 0 Å².